The van der Waals surface area contributed by atoms with Crippen LogP contribution in [0.5, 0.6) is 17.2 Å². The van der Waals surface area contributed by atoms with Crippen LogP contribution in [-0.4, -0.2) is 64.6 Å². The van der Waals surface area contributed by atoms with Crippen LogP contribution in [0.15, 0.2) is 49.1 Å². The Hall–Kier alpha value is -3.58. The normalized spacial score (nSPS) is 27.5. The number of piperidine rings is 1. The molecule has 1 N–H and O–H groups in total. The molecule has 6 rings (SSSR count). The van der Waals surface area contributed by atoms with E-state index in [1.165, 1.54) is 13.0 Å². The highest BCUT2D eigenvalue weighted by atomic mass is 16.6. The number of benzene rings is 2. The maximum Gasteiger partial charge on any atom is 0.308 e. The van der Waals surface area contributed by atoms with Crippen molar-refractivity contribution in [1.29, 1.82) is 0 Å². The van der Waals surface area contributed by atoms with Gasteiger partial charge in [0.2, 0.25) is 5.91 Å². The van der Waals surface area contributed by atoms with E-state index in [4.69, 9.17) is 9.47 Å². The van der Waals surface area contributed by atoms with Crippen LogP contribution < -0.4 is 9.47 Å². The number of esters is 1. The summed E-state index contributed by atoms with van der Waals surface area (Å²) < 4.78 is 12.5. The number of ether oxygens (including phenoxy) is 2. The monoisotopic (exact) mass is 570 g/mol. The summed E-state index contributed by atoms with van der Waals surface area (Å²) in [6.45, 7) is 14.0. The van der Waals surface area contributed by atoms with Gasteiger partial charge in [-0.25, -0.2) is 0 Å². The lowest BCUT2D eigenvalue weighted by Crippen LogP contribution is -2.69. The fourth-order valence-corrected chi connectivity index (χ4v) is 8.41. The topological polar surface area (TPSA) is 79.3 Å². The molecule has 2 aliphatic heterocycles. The maximum atomic E-state index is 14.0. The van der Waals surface area contributed by atoms with Crippen LogP contribution in [0, 0.1) is 18.8 Å². The average molecular weight is 571 g/mol. The van der Waals surface area contributed by atoms with E-state index in [0.29, 0.717) is 24.6 Å². The van der Waals surface area contributed by atoms with E-state index < -0.39 is 5.97 Å². The molecule has 0 radical (unpaired) electrons. The highest BCUT2D eigenvalue weighted by molar-refractivity contribution is 5.92. The Labute approximate surface area is 248 Å². The molecule has 1 saturated carbocycles. The molecular formula is C35H42N2O5. The summed E-state index contributed by atoms with van der Waals surface area (Å²) >= 11 is 0. The summed E-state index contributed by atoms with van der Waals surface area (Å²) in [5.41, 5.74) is 3.66. The molecule has 1 spiro atoms. The molecule has 222 valence electrons. The van der Waals surface area contributed by atoms with Gasteiger partial charge in [0.1, 0.15) is 11.9 Å². The van der Waals surface area contributed by atoms with E-state index in [1.807, 2.05) is 42.2 Å². The largest absolute Gasteiger partial charge is 0.508 e. The van der Waals surface area contributed by atoms with Crippen LogP contribution in [0.1, 0.15) is 62.3 Å². The summed E-state index contributed by atoms with van der Waals surface area (Å²) in [5, 5.41) is 11.3. The number of hydrogen-bond donors (Lipinski definition) is 1. The number of carbonyl (C=O) groups is 2. The second-order valence-electron chi connectivity index (χ2n) is 12.9. The summed E-state index contributed by atoms with van der Waals surface area (Å²) in [5.74, 6) is 1.08. The minimum Gasteiger partial charge on any atom is -0.508 e. The minimum atomic E-state index is -0.456. The molecule has 0 aromatic heterocycles. The number of phenols is 1. The number of amides is 1. The Morgan fingerprint density at radius 2 is 2.10 bits per heavy atom. The zero-order chi connectivity index (χ0) is 29.8. The van der Waals surface area contributed by atoms with Gasteiger partial charge in [-0.3, -0.25) is 14.5 Å². The number of likely N-dealkylation sites (tertiary alicyclic amines) is 1. The fraction of sp³-hybridized carbons (Fsp3) is 0.486. The third-order valence-electron chi connectivity index (χ3n) is 9.81. The molecule has 2 aromatic rings. The van der Waals surface area contributed by atoms with Gasteiger partial charge in [0.25, 0.3) is 0 Å². The Balaban J connectivity index is 1.44. The van der Waals surface area contributed by atoms with Gasteiger partial charge in [0.15, 0.2) is 11.5 Å². The Bertz CT molecular complexity index is 1450. The van der Waals surface area contributed by atoms with Gasteiger partial charge in [0.05, 0.1) is 6.04 Å². The first kappa shape index (κ1) is 28.5. The summed E-state index contributed by atoms with van der Waals surface area (Å²) in [4.78, 5) is 30.6. The van der Waals surface area contributed by atoms with Crippen molar-refractivity contribution >= 4 is 18.0 Å². The van der Waals surface area contributed by atoms with Gasteiger partial charge in [0, 0.05) is 54.7 Å². The lowest BCUT2D eigenvalue weighted by atomic mass is 9.50. The molecule has 2 aromatic carbocycles. The summed E-state index contributed by atoms with van der Waals surface area (Å²) in [6, 6.07) is 9.74. The van der Waals surface area contributed by atoms with Gasteiger partial charge in [-0.15, -0.1) is 6.58 Å². The molecule has 1 amide bonds. The number of nitrogens with zero attached hydrogens (tertiary/aromatic N) is 2. The van der Waals surface area contributed by atoms with E-state index in [2.05, 4.69) is 31.4 Å². The smallest absolute Gasteiger partial charge is 0.308 e. The van der Waals surface area contributed by atoms with Crippen LogP contribution in [0.2, 0.25) is 0 Å². The predicted octanol–water partition coefficient (Wildman–Crippen LogP) is 5.42. The number of rotatable bonds is 8. The SMILES string of the molecule is C=CCN1CC[C@]23c4c5c(O)cc(OC(C)=O)c4O[C@H]2[C@@H](N(CC(C)C)C(=O)C=Cc2cccc(C)c2)CC[C@H]3[C@H]1C5. The van der Waals surface area contributed by atoms with Gasteiger partial charge in [-0.05, 0) is 62.6 Å². The number of phenolic OH excluding ortho intramolecular Hbond substituents is 1. The molecule has 1 saturated heterocycles. The lowest BCUT2D eigenvalue weighted by Gasteiger charge is -2.60. The number of hydrogen-bond acceptors (Lipinski definition) is 6. The maximum absolute atomic E-state index is 14.0. The van der Waals surface area contributed by atoms with Crippen LogP contribution in [0.4, 0.5) is 0 Å². The van der Waals surface area contributed by atoms with Crippen molar-refractivity contribution in [1.82, 2.24) is 9.80 Å². The first-order valence-electron chi connectivity index (χ1n) is 15.3. The van der Waals surface area contributed by atoms with Crippen molar-refractivity contribution in [3.63, 3.8) is 0 Å². The molecule has 7 heteroatoms. The zero-order valence-corrected chi connectivity index (χ0v) is 25.1. The molecular weight excluding hydrogens is 528 g/mol. The second-order valence-corrected chi connectivity index (χ2v) is 12.9. The van der Waals surface area contributed by atoms with Gasteiger partial charge in [-0.1, -0.05) is 49.8 Å². The molecule has 42 heavy (non-hydrogen) atoms. The van der Waals surface area contributed by atoms with Crippen LogP contribution in [0.25, 0.3) is 6.08 Å². The van der Waals surface area contributed by atoms with Crippen LogP contribution in [0.3, 0.4) is 0 Å². The van der Waals surface area contributed by atoms with Gasteiger partial charge >= 0.3 is 5.97 Å². The fourth-order valence-electron chi connectivity index (χ4n) is 8.41. The second kappa shape index (κ2) is 10.9. The highest BCUT2D eigenvalue weighted by Crippen LogP contribution is 2.65. The van der Waals surface area contributed by atoms with Crippen LogP contribution in [-0.2, 0) is 21.4 Å². The van der Waals surface area contributed by atoms with Gasteiger partial charge in [-0.2, -0.15) is 0 Å². The van der Waals surface area contributed by atoms with Crippen molar-refractivity contribution in [3.05, 3.63) is 71.3 Å². The third kappa shape index (κ3) is 4.62. The molecule has 5 atom stereocenters. The lowest BCUT2D eigenvalue weighted by molar-refractivity contribution is -0.138. The van der Waals surface area contributed by atoms with E-state index in [0.717, 1.165) is 54.6 Å². The van der Waals surface area contributed by atoms with Gasteiger partial charge < -0.3 is 19.5 Å². The molecule has 2 fully saturated rings. The standard InChI is InChI=1S/C35H42N2O5/c1-6-15-36-16-14-35-26-11-12-27(37(20-21(2)3)31(40)13-10-24-9-7-8-22(4)17-24)34(35)42-33-30(41-23(5)38)19-29(39)25(32(33)35)18-28(26)36/h6-10,13,17,19,21,26-28,34,39H,1,11-12,14-16,18,20H2,2-5H3/t26-,27-,28+,34-,35-/m0/s1. The Kier molecular flexibility index (Phi) is 7.42. The van der Waals surface area contributed by atoms with Crippen molar-refractivity contribution in [3.8, 4) is 17.2 Å². The first-order valence-corrected chi connectivity index (χ1v) is 15.3. The summed E-state index contributed by atoms with van der Waals surface area (Å²) in [6.07, 6.45) is 8.58. The Morgan fingerprint density at radius 3 is 2.81 bits per heavy atom. The first-order chi connectivity index (χ1) is 20.1. The molecule has 7 nitrogen and oxygen atoms in total. The average Bonchev–Trinajstić information content (AvgIpc) is 3.28. The molecule has 2 bridgehead atoms. The number of aromatic hydroxyl groups is 1. The molecule has 2 heterocycles. The highest BCUT2D eigenvalue weighted by Gasteiger charge is 2.67. The quantitative estimate of drug-likeness (QED) is 0.198. The number of aryl methyl sites for hydroxylation is 1. The molecule has 2 aliphatic carbocycles. The van der Waals surface area contributed by atoms with E-state index in [9.17, 15) is 14.7 Å². The van der Waals surface area contributed by atoms with Crippen molar-refractivity contribution in [2.24, 2.45) is 11.8 Å². The zero-order valence-electron chi connectivity index (χ0n) is 25.1. The molecule has 4 aliphatic rings. The third-order valence-corrected chi connectivity index (χ3v) is 9.81. The van der Waals surface area contributed by atoms with Crippen molar-refractivity contribution in [2.45, 2.75) is 77.0 Å². The van der Waals surface area contributed by atoms with E-state index >= 15 is 0 Å². The Morgan fingerprint density at radius 1 is 1.29 bits per heavy atom. The van der Waals surface area contributed by atoms with E-state index in [1.54, 1.807) is 6.08 Å². The predicted molar refractivity (Wildman–Crippen MR) is 163 cm³/mol. The van der Waals surface area contributed by atoms with Crippen LogP contribution >= 0.6 is 0 Å². The summed E-state index contributed by atoms with van der Waals surface area (Å²) in [7, 11) is 0. The van der Waals surface area contributed by atoms with Crippen molar-refractivity contribution in [2.75, 3.05) is 19.6 Å². The van der Waals surface area contributed by atoms with Crippen molar-refractivity contribution < 1.29 is 24.2 Å². The number of carbonyl (C=O) groups excluding carboxylic acids is 2. The molecule has 0 unspecified atom stereocenters. The minimum absolute atomic E-state index is 0.0238. The van der Waals surface area contributed by atoms with E-state index in [-0.39, 0.29) is 46.9 Å².